The molecule has 2 aromatic heterocycles. The van der Waals surface area contributed by atoms with Crippen LogP contribution in [-0.4, -0.2) is 32.5 Å². The fraction of sp³-hybridized carbons (Fsp3) is 0.529. The van der Waals surface area contributed by atoms with Gasteiger partial charge >= 0.3 is 0 Å². The van der Waals surface area contributed by atoms with Crippen LogP contribution in [0.4, 0.5) is 0 Å². The van der Waals surface area contributed by atoms with Gasteiger partial charge in [0, 0.05) is 24.4 Å². The molecule has 2 fully saturated rings. The molecular formula is C17H20N4O2. The van der Waals surface area contributed by atoms with Crippen molar-refractivity contribution in [3.63, 3.8) is 0 Å². The van der Waals surface area contributed by atoms with Crippen LogP contribution in [0.3, 0.4) is 0 Å². The summed E-state index contributed by atoms with van der Waals surface area (Å²) < 4.78 is 5.35. The number of hydrogen-bond donors (Lipinski definition) is 0. The first-order chi connectivity index (χ1) is 11.2. The first kappa shape index (κ1) is 14.4. The molecule has 1 atom stereocenters. The van der Waals surface area contributed by atoms with Crippen LogP contribution in [0.2, 0.25) is 0 Å². The van der Waals surface area contributed by atoms with E-state index in [0.717, 1.165) is 49.4 Å². The number of rotatable bonds is 4. The molecule has 3 heterocycles. The standard InChI is InChI=1S/C17H20N4O2/c1-11-4-5-12(10-18-11)9-15(22)21-8-2-3-14(21)16-19-17(23-20-16)13-6-7-13/h4-5,10,13-14H,2-3,6-9H2,1H3/t14-/m0/s1. The second kappa shape index (κ2) is 5.76. The highest BCUT2D eigenvalue weighted by atomic mass is 16.5. The average molecular weight is 312 g/mol. The van der Waals surface area contributed by atoms with Crippen molar-refractivity contribution in [1.29, 1.82) is 0 Å². The van der Waals surface area contributed by atoms with E-state index in [1.807, 2.05) is 24.0 Å². The summed E-state index contributed by atoms with van der Waals surface area (Å²) in [6.07, 6.45) is 6.30. The van der Waals surface area contributed by atoms with Crippen molar-refractivity contribution < 1.29 is 9.32 Å². The van der Waals surface area contributed by atoms with E-state index < -0.39 is 0 Å². The molecule has 2 aliphatic rings. The van der Waals surface area contributed by atoms with Gasteiger partial charge in [-0.3, -0.25) is 9.78 Å². The number of likely N-dealkylation sites (tertiary alicyclic amines) is 1. The van der Waals surface area contributed by atoms with Gasteiger partial charge in [0.2, 0.25) is 11.8 Å². The number of pyridine rings is 1. The highest BCUT2D eigenvalue weighted by Crippen LogP contribution is 2.40. The Kier molecular flexibility index (Phi) is 3.59. The Bertz CT molecular complexity index is 706. The normalized spacial score (nSPS) is 20.9. The molecular weight excluding hydrogens is 292 g/mol. The zero-order chi connectivity index (χ0) is 15.8. The van der Waals surface area contributed by atoms with Crippen LogP contribution in [0, 0.1) is 6.92 Å². The molecule has 1 aliphatic carbocycles. The van der Waals surface area contributed by atoms with Gasteiger partial charge < -0.3 is 9.42 Å². The van der Waals surface area contributed by atoms with Crippen molar-refractivity contribution in [3.8, 4) is 0 Å². The van der Waals surface area contributed by atoms with Gasteiger partial charge in [-0.25, -0.2) is 0 Å². The van der Waals surface area contributed by atoms with Gasteiger partial charge in [-0.2, -0.15) is 4.98 Å². The van der Waals surface area contributed by atoms with Crippen molar-refractivity contribution in [1.82, 2.24) is 20.0 Å². The lowest BCUT2D eigenvalue weighted by atomic mass is 10.1. The lowest BCUT2D eigenvalue weighted by Gasteiger charge is -2.22. The van der Waals surface area contributed by atoms with Gasteiger partial charge in [-0.05, 0) is 44.2 Å². The van der Waals surface area contributed by atoms with E-state index in [-0.39, 0.29) is 11.9 Å². The Morgan fingerprint density at radius 3 is 2.96 bits per heavy atom. The quantitative estimate of drug-likeness (QED) is 0.867. The summed E-state index contributed by atoms with van der Waals surface area (Å²) in [6.45, 7) is 2.70. The Balaban J connectivity index is 1.47. The predicted octanol–water partition coefficient (Wildman–Crippen LogP) is 2.56. The van der Waals surface area contributed by atoms with Crippen molar-refractivity contribution in [2.45, 2.75) is 51.0 Å². The van der Waals surface area contributed by atoms with Crippen molar-refractivity contribution in [2.75, 3.05) is 6.54 Å². The minimum absolute atomic E-state index is 0.0443. The van der Waals surface area contributed by atoms with Crippen LogP contribution in [-0.2, 0) is 11.2 Å². The lowest BCUT2D eigenvalue weighted by molar-refractivity contribution is -0.131. The number of aryl methyl sites for hydroxylation is 1. The monoisotopic (exact) mass is 312 g/mol. The topological polar surface area (TPSA) is 72.1 Å². The molecule has 6 heteroatoms. The van der Waals surface area contributed by atoms with Crippen LogP contribution >= 0.6 is 0 Å². The molecule has 120 valence electrons. The number of carbonyl (C=O) groups excluding carboxylic acids is 1. The van der Waals surface area contributed by atoms with E-state index in [1.165, 1.54) is 0 Å². The van der Waals surface area contributed by atoms with Gasteiger partial charge in [0.25, 0.3) is 0 Å². The highest BCUT2D eigenvalue weighted by molar-refractivity contribution is 5.79. The Morgan fingerprint density at radius 2 is 2.22 bits per heavy atom. The van der Waals surface area contributed by atoms with Crippen molar-refractivity contribution in [2.24, 2.45) is 0 Å². The summed E-state index contributed by atoms with van der Waals surface area (Å²) in [5.41, 5.74) is 1.90. The lowest BCUT2D eigenvalue weighted by Crippen LogP contribution is -2.32. The summed E-state index contributed by atoms with van der Waals surface area (Å²) in [6, 6.07) is 3.85. The maximum absolute atomic E-state index is 12.6. The molecule has 0 radical (unpaired) electrons. The summed E-state index contributed by atoms with van der Waals surface area (Å²) in [5.74, 6) is 1.96. The number of carbonyl (C=O) groups is 1. The molecule has 1 amide bonds. The second-order valence-corrected chi connectivity index (χ2v) is 6.49. The highest BCUT2D eigenvalue weighted by Gasteiger charge is 2.35. The van der Waals surface area contributed by atoms with Gasteiger partial charge in [0.15, 0.2) is 5.82 Å². The molecule has 4 rings (SSSR count). The molecule has 0 bridgehead atoms. The molecule has 2 aromatic rings. The minimum atomic E-state index is -0.0443. The second-order valence-electron chi connectivity index (χ2n) is 6.49. The van der Waals surface area contributed by atoms with E-state index in [0.29, 0.717) is 18.2 Å². The maximum Gasteiger partial charge on any atom is 0.229 e. The summed E-state index contributed by atoms with van der Waals surface area (Å²) in [5, 5.41) is 4.12. The maximum atomic E-state index is 12.6. The van der Waals surface area contributed by atoms with Crippen LogP contribution in [0.15, 0.2) is 22.9 Å². The fourth-order valence-corrected chi connectivity index (χ4v) is 3.09. The molecule has 23 heavy (non-hydrogen) atoms. The van der Waals surface area contributed by atoms with Crippen molar-refractivity contribution >= 4 is 5.91 Å². The number of hydrogen-bond acceptors (Lipinski definition) is 5. The zero-order valence-electron chi connectivity index (χ0n) is 13.2. The molecule has 0 aromatic carbocycles. The van der Waals surface area contributed by atoms with Gasteiger partial charge in [0.05, 0.1) is 12.5 Å². The summed E-state index contributed by atoms with van der Waals surface area (Å²) >= 11 is 0. The number of nitrogens with zero attached hydrogens (tertiary/aromatic N) is 4. The van der Waals surface area contributed by atoms with E-state index in [9.17, 15) is 4.79 Å². The third-order valence-corrected chi connectivity index (χ3v) is 4.58. The molecule has 0 spiro atoms. The van der Waals surface area contributed by atoms with E-state index >= 15 is 0 Å². The van der Waals surface area contributed by atoms with Crippen LogP contribution < -0.4 is 0 Å². The smallest absolute Gasteiger partial charge is 0.229 e. The molecule has 0 unspecified atom stereocenters. The first-order valence-corrected chi connectivity index (χ1v) is 8.25. The van der Waals surface area contributed by atoms with Gasteiger partial charge in [-0.1, -0.05) is 11.2 Å². The van der Waals surface area contributed by atoms with Crippen LogP contribution in [0.25, 0.3) is 0 Å². The average Bonchev–Trinajstić information content (AvgIpc) is 3.10. The SMILES string of the molecule is Cc1ccc(CC(=O)N2CCC[C@H]2c2noc(C3CC3)n2)cn1. The number of amides is 1. The van der Waals surface area contributed by atoms with Crippen LogP contribution in [0.1, 0.15) is 60.6 Å². The Morgan fingerprint density at radius 1 is 1.35 bits per heavy atom. The van der Waals surface area contributed by atoms with E-state index in [4.69, 9.17) is 4.52 Å². The zero-order valence-corrected chi connectivity index (χ0v) is 13.2. The predicted molar refractivity (Wildman–Crippen MR) is 82.6 cm³/mol. The molecule has 1 aliphatic heterocycles. The number of aromatic nitrogens is 3. The summed E-state index contributed by atoms with van der Waals surface area (Å²) in [7, 11) is 0. The minimum Gasteiger partial charge on any atom is -0.339 e. The molecule has 1 saturated carbocycles. The largest absolute Gasteiger partial charge is 0.339 e. The van der Waals surface area contributed by atoms with Crippen molar-refractivity contribution in [3.05, 3.63) is 41.3 Å². The third-order valence-electron chi connectivity index (χ3n) is 4.58. The van der Waals surface area contributed by atoms with E-state index in [1.54, 1.807) is 6.20 Å². The molecule has 0 N–H and O–H groups in total. The summed E-state index contributed by atoms with van der Waals surface area (Å²) in [4.78, 5) is 23.3. The fourth-order valence-electron chi connectivity index (χ4n) is 3.09. The Hall–Kier alpha value is -2.24. The van der Waals surface area contributed by atoms with Crippen LogP contribution in [0.5, 0.6) is 0 Å². The first-order valence-electron chi connectivity index (χ1n) is 8.25. The van der Waals surface area contributed by atoms with E-state index in [2.05, 4.69) is 15.1 Å². The molecule has 6 nitrogen and oxygen atoms in total. The van der Waals surface area contributed by atoms with Gasteiger partial charge in [-0.15, -0.1) is 0 Å². The molecule has 1 saturated heterocycles. The van der Waals surface area contributed by atoms with Gasteiger partial charge in [0.1, 0.15) is 0 Å². The Labute approximate surface area is 134 Å². The third kappa shape index (κ3) is 2.98.